The molecular weight excluding hydrogens is 450 g/mol. The van der Waals surface area contributed by atoms with E-state index in [0.29, 0.717) is 11.8 Å². The number of benzene rings is 1. The van der Waals surface area contributed by atoms with Crippen molar-refractivity contribution in [1.29, 1.82) is 0 Å². The lowest BCUT2D eigenvalue weighted by Gasteiger charge is -2.30. The van der Waals surface area contributed by atoms with Gasteiger partial charge in [0.25, 0.3) is 0 Å². The van der Waals surface area contributed by atoms with Crippen LogP contribution < -0.4 is 0 Å². The van der Waals surface area contributed by atoms with Crippen LogP contribution in [-0.4, -0.2) is 34.3 Å². The van der Waals surface area contributed by atoms with E-state index < -0.39 is 0 Å². The molecule has 200 valence electrons. The van der Waals surface area contributed by atoms with Crippen molar-refractivity contribution in [2.45, 2.75) is 79.6 Å². The fraction of sp³-hybridized carbons (Fsp3) is 0.500. The zero-order valence-electron chi connectivity index (χ0n) is 24.2. The van der Waals surface area contributed by atoms with Crippen LogP contribution >= 0.6 is 0 Å². The molecule has 37 heavy (non-hydrogen) atoms. The minimum Gasteiger partial charge on any atom is -0.303 e. The second-order valence-electron chi connectivity index (χ2n) is 10.6. The number of allylic oxidation sites excluding steroid dienone is 6. The molecule has 3 heteroatoms. The van der Waals surface area contributed by atoms with Crippen molar-refractivity contribution in [3.05, 3.63) is 89.3 Å². The average molecular weight is 500 g/mol. The molecule has 0 bridgehead atoms. The normalized spacial score (nSPS) is 21.1. The Hall–Kier alpha value is -2.65. The first-order valence-corrected chi connectivity index (χ1v) is 14.6. The lowest BCUT2D eigenvalue weighted by atomic mass is 9.85. The van der Waals surface area contributed by atoms with Crippen molar-refractivity contribution in [3.63, 3.8) is 0 Å². The van der Waals surface area contributed by atoms with Crippen molar-refractivity contribution in [3.8, 4) is 0 Å². The molecule has 0 radical (unpaired) electrons. The molecule has 2 heterocycles. The zero-order valence-corrected chi connectivity index (χ0v) is 24.2. The van der Waals surface area contributed by atoms with Crippen molar-refractivity contribution >= 4 is 11.8 Å². The third-order valence-electron chi connectivity index (χ3n) is 7.98. The van der Waals surface area contributed by atoms with Crippen LogP contribution in [0.15, 0.2) is 66.9 Å². The summed E-state index contributed by atoms with van der Waals surface area (Å²) in [5, 5.41) is 4.73. The van der Waals surface area contributed by atoms with Gasteiger partial charge in [-0.1, -0.05) is 89.8 Å². The van der Waals surface area contributed by atoms with Gasteiger partial charge in [0.15, 0.2) is 0 Å². The molecule has 2 aromatic rings. The molecule has 1 aliphatic heterocycles. The summed E-state index contributed by atoms with van der Waals surface area (Å²) in [5.74, 6) is 1.84. The van der Waals surface area contributed by atoms with Gasteiger partial charge in [-0.25, -0.2) is 4.68 Å². The molecule has 0 N–H and O–H groups in total. The summed E-state index contributed by atoms with van der Waals surface area (Å²) < 4.78 is 2.02. The second-order valence-corrected chi connectivity index (χ2v) is 10.6. The van der Waals surface area contributed by atoms with E-state index in [1.165, 1.54) is 60.3 Å². The Labute approximate surface area is 226 Å². The molecule has 3 atom stereocenters. The summed E-state index contributed by atoms with van der Waals surface area (Å²) in [6.45, 7) is 20.9. The van der Waals surface area contributed by atoms with E-state index in [-0.39, 0.29) is 0 Å². The smallest absolute Gasteiger partial charge is 0.0534 e. The predicted molar refractivity (Wildman–Crippen MR) is 162 cm³/mol. The largest absolute Gasteiger partial charge is 0.303 e. The first-order chi connectivity index (χ1) is 18.0. The first-order valence-electron chi connectivity index (χ1n) is 14.6. The highest BCUT2D eigenvalue weighted by atomic mass is 15.3. The monoisotopic (exact) mass is 499 g/mol. The molecular formula is C34H49N3. The van der Waals surface area contributed by atoms with Crippen molar-refractivity contribution < 1.29 is 0 Å². The van der Waals surface area contributed by atoms with E-state index >= 15 is 0 Å². The maximum Gasteiger partial charge on any atom is 0.0534 e. The highest BCUT2D eigenvalue weighted by Crippen LogP contribution is 2.33. The molecule has 3 nitrogen and oxygen atoms in total. The van der Waals surface area contributed by atoms with Gasteiger partial charge in [-0.15, -0.1) is 0 Å². The number of nitrogens with zero attached hydrogens (tertiary/aromatic N) is 3. The quantitative estimate of drug-likeness (QED) is 0.322. The molecule has 0 saturated carbocycles. The van der Waals surface area contributed by atoms with Crippen molar-refractivity contribution in [2.24, 2.45) is 11.8 Å². The zero-order chi connectivity index (χ0) is 26.8. The van der Waals surface area contributed by atoms with Gasteiger partial charge in [-0.3, -0.25) is 0 Å². The Morgan fingerprint density at radius 2 is 1.97 bits per heavy atom. The van der Waals surface area contributed by atoms with Crippen molar-refractivity contribution in [2.75, 3.05) is 19.6 Å². The lowest BCUT2D eigenvalue weighted by Crippen LogP contribution is -2.35. The van der Waals surface area contributed by atoms with Gasteiger partial charge in [0.05, 0.1) is 6.20 Å². The van der Waals surface area contributed by atoms with Crippen LogP contribution in [0.4, 0.5) is 0 Å². The fourth-order valence-electron chi connectivity index (χ4n) is 5.44. The Balaban J connectivity index is 0.00000186. The Morgan fingerprint density at radius 1 is 1.22 bits per heavy atom. The number of likely N-dealkylation sites (tertiary alicyclic amines) is 1. The van der Waals surface area contributed by atoms with Gasteiger partial charge in [0.1, 0.15) is 0 Å². The second kappa shape index (κ2) is 14.3. The fourth-order valence-corrected chi connectivity index (χ4v) is 5.44. The van der Waals surface area contributed by atoms with Gasteiger partial charge in [0, 0.05) is 36.5 Å². The summed E-state index contributed by atoms with van der Waals surface area (Å²) in [6, 6.07) is 9.01. The summed E-state index contributed by atoms with van der Waals surface area (Å²) in [7, 11) is 0. The maximum atomic E-state index is 4.73. The van der Waals surface area contributed by atoms with E-state index in [1.54, 1.807) is 0 Å². The van der Waals surface area contributed by atoms with E-state index in [0.717, 1.165) is 30.9 Å². The third kappa shape index (κ3) is 7.68. The molecule has 1 aromatic heterocycles. The summed E-state index contributed by atoms with van der Waals surface area (Å²) >= 11 is 0. The van der Waals surface area contributed by atoms with E-state index in [2.05, 4.69) is 87.9 Å². The Morgan fingerprint density at radius 3 is 2.65 bits per heavy atom. The van der Waals surface area contributed by atoms with Gasteiger partial charge in [-0.05, 0) is 79.7 Å². The maximum absolute atomic E-state index is 4.73. The van der Waals surface area contributed by atoms with Gasteiger partial charge in [0.2, 0.25) is 0 Å². The highest BCUT2D eigenvalue weighted by molar-refractivity contribution is 5.82. The van der Waals surface area contributed by atoms with Gasteiger partial charge < -0.3 is 4.90 Å². The lowest BCUT2D eigenvalue weighted by molar-refractivity contribution is 0.186. The topological polar surface area (TPSA) is 21.1 Å². The van der Waals surface area contributed by atoms with Crippen LogP contribution in [0, 0.1) is 18.8 Å². The number of rotatable bonds is 9. The number of hydrogen-bond acceptors (Lipinski definition) is 2. The molecule has 0 amide bonds. The average Bonchev–Trinajstić information content (AvgIpc) is 3.31. The molecule has 1 fully saturated rings. The third-order valence-corrected chi connectivity index (χ3v) is 7.98. The molecule has 3 unspecified atom stereocenters. The summed E-state index contributed by atoms with van der Waals surface area (Å²) in [5.41, 5.74) is 7.66. The van der Waals surface area contributed by atoms with Crippen LogP contribution in [0.2, 0.25) is 0 Å². The van der Waals surface area contributed by atoms with E-state index in [4.69, 9.17) is 5.10 Å². The highest BCUT2D eigenvalue weighted by Gasteiger charge is 2.19. The summed E-state index contributed by atoms with van der Waals surface area (Å²) in [4.78, 5) is 2.62. The minimum absolute atomic E-state index is 0.403. The Bertz CT molecular complexity index is 1080. The Kier molecular flexibility index (Phi) is 11.2. The SMILES string of the molecule is C=C/C(=C\n1ncc(C2C=C(C(C)CC)C=CC2)c1C)c1ccc(CCN2CCCC(C)C2)cc1.CC. The molecule has 1 aliphatic carbocycles. The van der Waals surface area contributed by atoms with Crippen LogP contribution in [0.3, 0.4) is 0 Å². The molecule has 1 aromatic carbocycles. The van der Waals surface area contributed by atoms with E-state index in [1.807, 2.05) is 30.8 Å². The molecule has 0 spiro atoms. The summed E-state index contributed by atoms with van der Waals surface area (Å²) in [6.07, 6.45) is 19.2. The molecule has 2 aliphatic rings. The number of hydrogen-bond donors (Lipinski definition) is 0. The predicted octanol–water partition coefficient (Wildman–Crippen LogP) is 8.69. The number of aromatic nitrogens is 2. The standard InChI is InChI=1S/C32H43N3.C2H6/c1-6-25(4)30-11-8-12-31(20-30)32-21-33-35(26(32)5)23-28(7-2)29-15-13-27(14-16-29)17-19-34-18-9-10-24(3)22-34;1-2/h7-8,11,13-16,20-21,23-25,31H,2,6,9-10,12,17-19,22H2,1,3-5H3;1-2H3/b28-23+;. The van der Waals surface area contributed by atoms with Crippen molar-refractivity contribution in [1.82, 2.24) is 14.7 Å². The van der Waals surface area contributed by atoms with Crippen LogP contribution in [0.1, 0.15) is 88.6 Å². The van der Waals surface area contributed by atoms with Gasteiger partial charge in [-0.2, -0.15) is 5.10 Å². The van der Waals surface area contributed by atoms with E-state index in [9.17, 15) is 0 Å². The van der Waals surface area contributed by atoms with Crippen LogP contribution in [0.5, 0.6) is 0 Å². The van der Waals surface area contributed by atoms with Crippen LogP contribution in [-0.2, 0) is 6.42 Å². The van der Waals surface area contributed by atoms with Crippen LogP contribution in [0.25, 0.3) is 11.8 Å². The van der Waals surface area contributed by atoms with Gasteiger partial charge >= 0.3 is 0 Å². The first kappa shape index (κ1) is 28.9. The minimum atomic E-state index is 0.403. The molecule has 4 rings (SSSR count). The molecule has 1 saturated heterocycles. The number of piperidine rings is 1.